The van der Waals surface area contributed by atoms with Gasteiger partial charge >= 0.3 is 23.9 Å². The van der Waals surface area contributed by atoms with Crippen molar-refractivity contribution in [3.05, 3.63) is 287 Å². The third kappa shape index (κ3) is 25.1. The van der Waals surface area contributed by atoms with Crippen molar-refractivity contribution in [3.8, 4) is 0 Å². The highest BCUT2D eigenvalue weighted by molar-refractivity contribution is 5.90. The van der Waals surface area contributed by atoms with Gasteiger partial charge in [0.1, 0.15) is 67.6 Å². The Balaban J connectivity index is 1.04. The summed E-state index contributed by atoms with van der Waals surface area (Å²) in [6, 6.07) is 72.9. The number of hydrogen-bond donors (Lipinski definition) is 1. The lowest BCUT2D eigenvalue weighted by atomic mass is 9.94. The molecule has 582 valence electrons. The van der Waals surface area contributed by atoms with Gasteiger partial charge in [0.25, 0.3) is 0 Å². The van der Waals surface area contributed by atoms with Crippen LogP contribution in [0, 0.1) is 0 Å². The summed E-state index contributed by atoms with van der Waals surface area (Å²) in [4.78, 5) is 69.5. The van der Waals surface area contributed by atoms with Crippen LogP contribution in [0.2, 0.25) is 0 Å². The summed E-state index contributed by atoms with van der Waals surface area (Å²) in [5, 5.41) is 3.09. The minimum atomic E-state index is -1.83. The van der Waals surface area contributed by atoms with E-state index in [0.29, 0.717) is 19.3 Å². The zero-order chi connectivity index (χ0) is 76.5. The van der Waals surface area contributed by atoms with E-state index in [9.17, 15) is 19.2 Å². The molecule has 3 aliphatic rings. The molecule has 0 saturated carbocycles. The van der Waals surface area contributed by atoms with E-state index in [0.717, 1.165) is 59.1 Å². The van der Waals surface area contributed by atoms with Crippen molar-refractivity contribution >= 4 is 29.8 Å². The molecule has 110 heavy (non-hydrogen) atoms. The van der Waals surface area contributed by atoms with Crippen molar-refractivity contribution in [1.82, 2.24) is 5.32 Å². The molecule has 0 radical (unpaired) electrons. The van der Waals surface area contributed by atoms with Crippen molar-refractivity contribution < 1.29 is 99.8 Å². The van der Waals surface area contributed by atoms with Gasteiger partial charge in [0.15, 0.2) is 31.1 Å². The van der Waals surface area contributed by atoms with Crippen LogP contribution >= 0.6 is 0 Å². The Morgan fingerprint density at radius 3 is 1.20 bits per heavy atom. The molecule has 0 unspecified atom stereocenters. The van der Waals surface area contributed by atoms with Crippen molar-refractivity contribution in [3.63, 3.8) is 0 Å². The Labute approximate surface area is 643 Å². The summed E-state index contributed by atoms with van der Waals surface area (Å²) in [5.74, 6) is -3.15. The average molecular weight is 1510 g/mol. The molecule has 15 atom stereocenters. The fraction of sp³-hybridized carbons (Fsp3) is 0.398. The Kier molecular flexibility index (Phi) is 32.6. The van der Waals surface area contributed by atoms with Gasteiger partial charge in [-0.1, -0.05) is 244 Å². The molecule has 0 aromatic heterocycles. The van der Waals surface area contributed by atoms with Gasteiger partial charge < -0.3 is 81.1 Å². The summed E-state index contributed by atoms with van der Waals surface area (Å²) in [6.07, 6.45) is -14.2. The van der Waals surface area contributed by atoms with Crippen LogP contribution in [0.4, 0.5) is 0 Å². The predicted molar refractivity (Wildman–Crippen MR) is 404 cm³/mol. The van der Waals surface area contributed by atoms with Crippen LogP contribution in [0.3, 0.4) is 0 Å². The molecule has 0 aliphatic carbocycles. The summed E-state index contributed by atoms with van der Waals surface area (Å²) in [6.45, 7) is 2.31. The number of hydrogen-bond acceptors (Lipinski definition) is 21. The summed E-state index contributed by atoms with van der Waals surface area (Å²) in [7, 11) is 1.39. The molecule has 22 nitrogen and oxygen atoms in total. The fourth-order valence-corrected chi connectivity index (χ4v) is 13.4. The second-order valence-corrected chi connectivity index (χ2v) is 27.2. The first-order valence-electron chi connectivity index (χ1n) is 37.7. The third-order valence-electron chi connectivity index (χ3n) is 18.9. The van der Waals surface area contributed by atoms with Gasteiger partial charge in [0, 0.05) is 26.9 Å². The van der Waals surface area contributed by atoms with Crippen LogP contribution < -0.4 is 5.32 Å². The van der Waals surface area contributed by atoms with Crippen molar-refractivity contribution in [2.75, 3.05) is 33.5 Å². The SMILES string of the molecule is COC(=O)CCCCCCCCO[C@@H]1O[C@H](COCc2ccccc2)[C@@H](O[C@H]2O[C@@H](COC(=O)c3ccccc3)[C@@H](OC(C)=O)[C@@H](O[C@@H]3O[C@@H](COCc4ccccc4)[C@H](OCc4ccccc4)[C@H](OCc4ccccc4)[C@@H]3OCc3ccccc3)[C@@H]2OC(=O)c2ccccc2)[C@H](OCc2ccccc2)[C@@H]1NC(C)=O. The second kappa shape index (κ2) is 43.9. The number of carbonyl (C=O) groups is 5. The number of unbranched alkanes of at least 4 members (excludes halogenated alkanes) is 5. The zero-order valence-electron chi connectivity index (χ0n) is 62.3. The zero-order valence-corrected chi connectivity index (χ0v) is 62.3. The highest BCUT2D eigenvalue weighted by atomic mass is 16.8. The molecule has 8 aromatic carbocycles. The molecule has 1 N–H and O–H groups in total. The molecule has 3 heterocycles. The van der Waals surface area contributed by atoms with Crippen LogP contribution in [-0.4, -0.2) is 155 Å². The van der Waals surface area contributed by atoms with E-state index in [-0.39, 0.29) is 76.6 Å². The number of nitrogens with one attached hydrogen (secondary N) is 1. The average Bonchev–Trinajstić information content (AvgIpc) is 0.757. The molecular weight excluding hydrogens is 1410 g/mol. The maximum atomic E-state index is 15.4. The molecule has 0 bridgehead atoms. The first-order valence-corrected chi connectivity index (χ1v) is 37.7. The fourth-order valence-electron chi connectivity index (χ4n) is 13.4. The highest BCUT2D eigenvalue weighted by Crippen LogP contribution is 2.40. The lowest BCUT2D eigenvalue weighted by Gasteiger charge is -2.51. The summed E-state index contributed by atoms with van der Waals surface area (Å²) < 4.78 is 110. The van der Waals surface area contributed by atoms with Gasteiger partial charge in [0.05, 0.1) is 71.1 Å². The molecule has 0 spiro atoms. The van der Waals surface area contributed by atoms with E-state index in [2.05, 4.69) is 5.32 Å². The third-order valence-corrected chi connectivity index (χ3v) is 18.9. The number of ether oxygens (including phenoxy) is 16. The minimum Gasteiger partial charge on any atom is -0.469 e. The van der Waals surface area contributed by atoms with Gasteiger partial charge in [-0.3, -0.25) is 14.4 Å². The van der Waals surface area contributed by atoms with Gasteiger partial charge in [-0.2, -0.15) is 0 Å². The molecule has 11 rings (SSSR count). The Bertz CT molecular complexity index is 3990. The Morgan fingerprint density at radius 2 is 0.727 bits per heavy atom. The van der Waals surface area contributed by atoms with Gasteiger partial charge in [0.2, 0.25) is 5.91 Å². The second-order valence-electron chi connectivity index (χ2n) is 27.2. The molecule has 3 fully saturated rings. The van der Waals surface area contributed by atoms with Crippen LogP contribution in [0.1, 0.15) is 113 Å². The summed E-state index contributed by atoms with van der Waals surface area (Å²) >= 11 is 0. The topological polar surface area (TPSA) is 245 Å². The van der Waals surface area contributed by atoms with Crippen molar-refractivity contribution in [1.29, 1.82) is 0 Å². The van der Waals surface area contributed by atoms with Gasteiger partial charge in [-0.25, -0.2) is 9.59 Å². The maximum absolute atomic E-state index is 15.4. The smallest absolute Gasteiger partial charge is 0.338 e. The minimum absolute atomic E-state index is 0.0163. The lowest BCUT2D eigenvalue weighted by Crippen LogP contribution is -2.69. The van der Waals surface area contributed by atoms with E-state index in [1.807, 2.05) is 182 Å². The lowest BCUT2D eigenvalue weighted by molar-refractivity contribution is -0.383. The number of amides is 1. The maximum Gasteiger partial charge on any atom is 0.338 e. The van der Waals surface area contributed by atoms with E-state index in [1.165, 1.54) is 21.0 Å². The van der Waals surface area contributed by atoms with E-state index in [4.69, 9.17) is 75.8 Å². The van der Waals surface area contributed by atoms with Crippen molar-refractivity contribution in [2.24, 2.45) is 0 Å². The van der Waals surface area contributed by atoms with Crippen LogP contribution in [0.5, 0.6) is 0 Å². The van der Waals surface area contributed by atoms with Crippen LogP contribution in [0.25, 0.3) is 0 Å². The molecule has 3 aliphatic heterocycles. The number of benzene rings is 8. The first-order chi connectivity index (χ1) is 53.9. The number of esters is 4. The van der Waals surface area contributed by atoms with E-state index in [1.54, 1.807) is 60.7 Å². The molecular formula is C88H99NO21. The molecule has 3 saturated heterocycles. The van der Waals surface area contributed by atoms with E-state index >= 15 is 4.79 Å². The van der Waals surface area contributed by atoms with Crippen LogP contribution in [-0.2, 0) is 130 Å². The normalized spacial score (nSPS) is 23.8. The van der Waals surface area contributed by atoms with Gasteiger partial charge in [-0.05, 0) is 70.5 Å². The number of methoxy groups -OCH3 is 1. The van der Waals surface area contributed by atoms with Crippen LogP contribution in [0.15, 0.2) is 243 Å². The van der Waals surface area contributed by atoms with Crippen molar-refractivity contribution in [2.45, 2.75) is 190 Å². The highest BCUT2D eigenvalue weighted by Gasteiger charge is 2.59. The number of carbonyl (C=O) groups excluding carboxylic acids is 5. The summed E-state index contributed by atoms with van der Waals surface area (Å²) in [5.41, 5.74) is 5.28. The molecule has 22 heteroatoms. The number of rotatable bonds is 41. The van der Waals surface area contributed by atoms with Gasteiger partial charge in [-0.15, -0.1) is 0 Å². The Hall–Kier alpha value is -9.37. The monoisotopic (exact) mass is 1510 g/mol. The largest absolute Gasteiger partial charge is 0.469 e. The molecule has 1 amide bonds. The Morgan fingerprint density at radius 1 is 0.345 bits per heavy atom. The quantitative estimate of drug-likeness (QED) is 0.0213. The molecule has 8 aromatic rings. The first kappa shape index (κ1) is 81.6. The van der Waals surface area contributed by atoms with E-state index < -0.39 is 122 Å². The standard InChI is InChI=1S/C88H99NO21/c1-61(90)89-75-79(100-55-66-40-22-11-23-41-66)77(72(59-97-53-64-36-18-9-19-37-64)105-86(75)98-51-33-7-5-4-6-32-50-74(92)95-3)109-88-83(108-85(94)70-48-30-15-31-49-70)81(78(104-62(2)91)73(107-88)60-103-84(93)69-46-28-14-29-47-69)110-87-82(102-57-68-44-26-13-27-45-68)80(101-56-67-42-24-12-25-43-67)76(99-54-65-38-20-10-21-39-65)71(106-87)58-96-52-63-34-16-8-17-35-63/h8-31,34-49,71-73,75-83,86-88H,4-7,32-33,50-60H2,1-3H3,(H,89,90)/t71-,72+,73-,75-,76-,77+,78+,79+,80-,81+,82-,83-,86+,87-,88+/m0/s1. The predicted octanol–water partition coefficient (Wildman–Crippen LogP) is 13.1.